The van der Waals surface area contributed by atoms with Gasteiger partial charge in [0.2, 0.25) is 10.0 Å². The number of nitrogens with one attached hydrogen (secondary N) is 1. The molecule has 11 heteroatoms. The molecule has 1 spiro atoms. The van der Waals surface area contributed by atoms with E-state index in [0.29, 0.717) is 36.9 Å². The lowest BCUT2D eigenvalue weighted by Gasteiger charge is -2.45. The number of nitrogens with zero attached hydrogens (tertiary/aromatic N) is 1. The number of hydrogen-bond acceptors (Lipinski definition) is 8. The van der Waals surface area contributed by atoms with Crippen molar-refractivity contribution in [3.05, 3.63) is 70.3 Å². The van der Waals surface area contributed by atoms with Gasteiger partial charge in [0.05, 0.1) is 36.2 Å². The molecule has 1 fully saturated rings. The highest BCUT2D eigenvalue weighted by molar-refractivity contribution is 7.90. The summed E-state index contributed by atoms with van der Waals surface area (Å²) in [7, 11) is -4.30. The first-order chi connectivity index (χ1) is 22.3. The largest absolute Gasteiger partial charge is 0.490 e. The molecular formula is C36H45ClN2O7S. The first-order valence-electron chi connectivity index (χ1n) is 16.8. The molecular weight excluding hydrogens is 640 g/mol. The van der Waals surface area contributed by atoms with Gasteiger partial charge in [-0.15, -0.1) is 0 Å². The number of aliphatic hydroxyl groups excluding tert-OH is 1. The molecule has 47 heavy (non-hydrogen) atoms. The number of sulfonamides is 1. The minimum absolute atomic E-state index is 0.0440. The number of amides is 1. The lowest BCUT2D eigenvalue weighted by atomic mass is 9.68. The number of rotatable bonds is 3. The SMILES string of the molecule is CC(C)OC(=O)C[C@@H]1[C@@H](C)C/C=C\[C@H](O)[C@@H]2CC[C@H]2CN2C[C@@]3(CCCc4cc(Cl)ccc43)COc3ccc(cc32)C(=O)NS1(=O)=O. The number of aliphatic hydroxyl groups is 1. The van der Waals surface area contributed by atoms with Crippen molar-refractivity contribution < 1.29 is 32.6 Å². The number of carbonyl (C=O) groups is 2. The molecule has 0 radical (unpaired) electrons. The molecule has 0 aromatic heterocycles. The Labute approximate surface area is 282 Å². The third-order valence-electron chi connectivity index (χ3n) is 10.5. The van der Waals surface area contributed by atoms with Crippen LogP contribution in [0.4, 0.5) is 5.69 Å². The summed E-state index contributed by atoms with van der Waals surface area (Å²) < 4.78 is 41.6. The number of ether oxygens (including phenoxy) is 2. The zero-order chi connectivity index (χ0) is 33.5. The minimum Gasteiger partial charge on any atom is -0.490 e. The smallest absolute Gasteiger partial charge is 0.307 e. The van der Waals surface area contributed by atoms with Gasteiger partial charge in [-0.25, -0.2) is 13.1 Å². The maximum absolute atomic E-state index is 13.7. The second-order valence-electron chi connectivity index (χ2n) is 14.2. The summed E-state index contributed by atoms with van der Waals surface area (Å²) >= 11 is 6.40. The number of fused-ring (bicyclic) bond motifs is 4. The number of aryl methyl sites for hydroxylation is 1. The molecule has 2 N–H and O–H groups in total. The van der Waals surface area contributed by atoms with Crippen LogP contribution in [0.3, 0.4) is 0 Å². The maximum atomic E-state index is 13.7. The fraction of sp³-hybridized carbons (Fsp3) is 0.556. The van der Waals surface area contributed by atoms with E-state index < -0.39 is 51.7 Å². The highest BCUT2D eigenvalue weighted by Crippen LogP contribution is 2.46. The van der Waals surface area contributed by atoms with Crippen LogP contribution in [0.15, 0.2) is 48.6 Å². The summed E-state index contributed by atoms with van der Waals surface area (Å²) in [5, 5.41) is 10.8. The summed E-state index contributed by atoms with van der Waals surface area (Å²) in [6, 6.07) is 11.1. The number of allylic oxidation sites excluding steroid dienone is 1. The quantitative estimate of drug-likeness (QED) is 0.318. The zero-order valence-electron chi connectivity index (χ0n) is 27.3. The third-order valence-corrected chi connectivity index (χ3v) is 12.6. The van der Waals surface area contributed by atoms with Crippen LogP contribution in [0.5, 0.6) is 5.75 Å². The lowest BCUT2D eigenvalue weighted by Crippen LogP contribution is -2.49. The van der Waals surface area contributed by atoms with Crippen LogP contribution in [0, 0.1) is 17.8 Å². The molecule has 2 aromatic carbocycles. The molecule has 0 saturated heterocycles. The summed E-state index contributed by atoms with van der Waals surface area (Å²) in [6.45, 7) is 6.89. The van der Waals surface area contributed by atoms with Gasteiger partial charge in [0.1, 0.15) is 5.75 Å². The standard InChI is InChI=1S/C36H45ClN2O7S/c1-22(2)46-34(41)18-33-23(3)6-4-8-31(40)28-12-9-26(28)19-39-20-36(15-5-7-24-16-27(37)11-13-29(24)36)21-45-32-14-10-25(17-30(32)39)35(42)38-47(33,43)44/h4,8,10-11,13-14,16-17,22-23,26,28,31,33,40H,5-7,9,12,15,18-21H2,1-3H3,(H,38,42)/b8-4-/t23-,26-,28+,31-,33+,36-/m0/s1. The number of anilines is 1. The summed E-state index contributed by atoms with van der Waals surface area (Å²) in [4.78, 5) is 28.6. The predicted molar refractivity (Wildman–Crippen MR) is 181 cm³/mol. The van der Waals surface area contributed by atoms with E-state index in [0.717, 1.165) is 37.8 Å². The van der Waals surface area contributed by atoms with Gasteiger partial charge in [0.15, 0.2) is 0 Å². The Morgan fingerprint density at radius 1 is 1.21 bits per heavy atom. The first kappa shape index (κ1) is 33.8. The Hall–Kier alpha value is -3.08. The van der Waals surface area contributed by atoms with Gasteiger partial charge in [-0.3, -0.25) is 9.59 Å². The van der Waals surface area contributed by atoms with Gasteiger partial charge in [0.25, 0.3) is 5.91 Å². The molecule has 9 nitrogen and oxygen atoms in total. The van der Waals surface area contributed by atoms with Crippen molar-refractivity contribution in [2.45, 2.75) is 88.6 Å². The van der Waals surface area contributed by atoms with E-state index in [1.165, 1.54) is 11.1 Å². The van der Waals surface area contributed by atoms with E-state index in [2.05, 4.69) is 15.7 Å². The molecule has 6 rings (SSSR count). The number of benzene rings is 2. The molecule has 1 saturated carbocycles. The summed E-state index contributed by atoms with van der Waals surface area (Å²) in [5.41, 5.74) is 3.04. The molecule has 2 aromatic rings. The highest BCUT2D eigenvalue weighted by Gasteiger charge is 2.44. The van der Waals surface area contributed by atoms with Gasteiger partial charge in [-0.2, -0.15) is 0 Å². The fourth-order valence-corrected chi connectivity index (χ4v) is 9.69. The molecule has 4 aliphatic rings. The van der Waals surface area contributed by atoms with E-state index in [9.17, 15) is 23.1 Å². The topological polar surface area (TPSA) is 122 Å². The fourth-order valence-electron chi connectivity index (χ4n) is 7.89. The van der Waals surface area contributed by atoms with Crippen LogP contribution >= 0.6 is 11.6 Å². The van der Waals surface area contributed by atoms with Crippen molar-refractivity contribution in [3.8, 4) is 5.75 Å². The molecule has 2 bridgehead atoms. The van der Waals surface area contributed by atoms with Gasteiger partial charge in [0, 0.05) is 29.1 Å². The maximum Gasteiger partial charge on any atom is 0.307 e. The first-order valence-corrected chi connectivity index (χ1v) is 18.7. The normalized spacial score (nSPS) is 31.0. The lowest BCUT2D eigenvalue weighted by molar-refractivity contribution is -0.147. The van der Waals surface area contributed by atoms with E-state index in [1.54, 1.807) is 51.1 Å². The zero-order valence-corrected chi connectivity index (χ0v) is 28.9. The molecule has 2 heterocycles. The van der Waals surface area contributed by atoms with Crippen molar-refractivity contribution in [2.24, 2.45) is 17.8 Å². The van der Waals surface area contributed by atoms with Crippen LogP contribution in [-0.4, -0.2) is 62.6 Å². The second kappa shape index (κ2) is 13.4. The van der Waals surface area contributed by atoms with Gasteiger partial charge in [-0.1, -0.05) is 36.7 Å². The van der Waals surface area contributed by atoms with Crippen LogP contribution < -0.4 is 14.4 Å². The van der Waals surface area contributed by atoms with Crippen molar-refractivity contribution in [1.82, 2.24) is 4.72 Å². The monoisotopic (exact) mass is 684 g/mol. The average Bonchev–Trinajstić information content (AvgIpc) is 3.13. The van der Waals surface area contributed by atoms with E-state index in [4.69, 9.17) is 21.1 Å². The second-order valence-corrected chi connectivity index (χ2v) is 16.5. The number of hydrogen-bond donors (Lipinski definition) is 2. The van der Waals surface area contributed by atoms with E-state index in [-0.39, 0.29) is 22.8 Å². The minimum atomic E-state index is -4.30. The Bertz CT molecular complexity index is 1660. The number of carbonyl (C=O) groups excluding carboxylic acids is 2. The van der Waals surface area contributed by atoms with Crippen molar-refractivity contribution >= 4 is 39.2 Å². The highest BCUT2D eigenvalue weighted by atomic mass is 35.5. The number of halogens is 1. The number of esters is 1. The van der Waals surface area contributed by atoms with Gasteiger partial charge >= 0.3 is 5.97 Å². The van der Waals surface area contributed by atoms with Crippen molar-refractivity contribution in [3.63, 3.8) is 0 Å². The molecule has 1 amide bonds. The van der Waals surface area contributed by atoms with Crippen LogP contribution in [0.1, 0.15) is 80.8 Å². The summed E-state index contributed by atoms with van der Waals surface area (Å²) in [6.07, 6.45) is 7.09. The van der Waals surface area contributed by atoms with Crippen molar-refractivity contribution in [2.75, 3.05) is 24.6 Å². The van der Waals surface area contributed by atoms with Gasteiger partial charge in [-0.05, 0) is 112 Å². The van der Waals surface area contributed by atoms with Crippen LogP contribution in [-0.2, 0) is 31.4 Å². The Morgan fingerprint density at radius 2 is 2.02 bits per heavy atom. The molecule has 2 aliphatic heterocycles. The molecule has 2 aliphatic carbocycles. The van der Waals surface area contributed by atoms with Crippen LogP contribution in [0.25, 0.3) is 0 Å². The van der Waals surface area contributed by atoms with Crippen molar-refractivity contribution in [1.29, 1.82) is 0 Å². The molecule has 254 valence electrons. The summed E-state index contributed by atoms with van der Waals surface area (Å²) in [5.74, 6) is -1.06. The Balaban J connectivity index is 1.39. The average molecular weight is 685 g/mol. The van der Waals surface area contributed by atoms with E-state index in [1.807, 2.05) is 12.1 Å². The predicted octanol–water partition coefficient (Wildman–Crippen LogP) is 5.57. The molecule has 6 atom stereocenters. The molecule has 0 unspecified atom stereocenters. The van der Waals surface area contributed by atoms with E-state index >= 15 is 0 Å². The Kier molecular flexibility index (Phi) is 9.67. The van der Waals surface area contributed by atoms with Crippen LogP contribution in [0.2, 0.25) is 5.02 Å². The van der Waals surface area contributed by atoms with Gasteiger partial charge < -0.3 is 19.5 Å². The third kappa shape index (κ3) is 7.06. The Morgan fingerprint density at radius 3 is 2.77 bits per heavy atom.